The quantitative estimate of drug-likeness (QED) is 0.866. The van der Waals surface area contributed by atoms with E-state index in [2.05, 4.69) is 5.32 Å². The summed E-state index contributed by atoms with van der Waals surface area (Å²) in [5.41, 5.74) is 0.245. The highest BCUT2D eigenvalue weighted by Gasteiger charge is 2.12. The minimum Gasteiger partial charge on any atom is -0.325 e. The molecule has 0 radical (unpaired) electrons. The van der Waals surface area contributed by atoms with Crippen molar-refractivity contribution in [3.05, 3.63) is 23.2 Å². The SMILES string of the molecule is CSCCC(=O)Nc1cc(S(N)(=O)=O)ccc1Cl. The number of thioether (sulfide) groups is 1. The van der Waals surface area contributed by atoms with E-state index >= 15 is 0 Å². The second-order valence-corrected chi connectivity index (χ2v) is 6.43. The van der Waals surface area contributed by atoms with E-state index in [0.717, 1.165) is 0 Å². The Labute approximate surface area is 115 Å². The Kier molecular flexibility index (Phi) is 5.46. The molecule has 1 aromatic carbocycles. The van der Waals surface area contributed by atoms with Gasteiger partial charge in [0.2, 0.25) is 15.9 Å². The molecule has 0 spiro atoms. The summed E-state index contributed by atoms with van der Waals surface area (Å²) in [6, 6.07) is 3.91. The van der Waals surface area contributed by atoms with Gasteiger partial charge < -0.3 is 5.32 Å². The van der Waals surface area contributed by atoms with E-state index in [0.29, 0.717) is 12.2 Å². The molecule has 0 saturated carbocycles. The molecule has 8 heteroatoms. The highest BCUT2D eigenvalue weighted by Crippen LogP contribution is 2.24. The maximum atomic E-state index is 11.5. The topological polar surface area (TPSA) is 89.3 Å². The van der Waals surface area contributed by atoms with Crippen molar-refractivity contribution in [2.75, 3.05) is 17.3 Å². The lowest BCUT2D eigenvalue weighted by Gasteiger charge is -2.08. The number of halogens is 1. The molecule has 5 nitrogen and oxygen atoms in total. The van der Waals surface area contributed by atoms with Crippen LogP contribution in [-0.4, -0.2) is 26.3 Å². The van der Waals surface area contributed by atoms with Gasteiger partial charge in [0, 0.05) is 12.2 Å². The van der Waals surface area contributed by atoms with E-state index in [1.54, 1.807) is 11.8 Å². The molecular formula is C10H13ClN2O3S2. The fraction of sp³-hybridized carbons (Fsp3) is 0.300. The molecule has 3 N–H and O–H groups in total. The number of rotatable bonds is 5. The van der Waals surface area contributed by atoms with Crippen LogP contribution in [-0.2, 0) is 14.8 Å². The Hall–Kier alpha value is -0.760. The van der Waals surface area contributed by atoms with Gasteiger partial charge in [-0.05, 0) is 24.5 Å². The van der Waals surface area contributed by atoms with Crippen molar-refractivity contribution in [2.24, 2.45) is 5.14 Å². The van der Waals surface area contributed by atoms with Crippen LogP contribution in [0, 0.1) is 0 Å². The fourth-order valence-electron chi connectivity index (χ4n) is 1.18. The standard InChI is InChI=1S/C10H13ClN2O3S2/c1-17-5-4-10(14)13-9-6-7(18(12,15)16)2-3-8(9)11/h2-3,6H,4-5H2,1H3,(H,13,14)(H2,12,15,16). The number of nitrogens with two attached hydrogens (primary N) is 1. The van der Waals surface area contributed by atoms with Gasteiger partial charge >= 0.3 is 0 Å². The van der Waals surface area contributed by atoms with E-state index in [-0.39, 0.29) is 21.5 Å². The molecule has 0 bridgehead atoms. The van der Waals surface area contributed by atoms with Crippen molar-refractivity contribution >= 4 is 45.0 Å². The summed E-state index contributed by atoms with van der Waals surface area (Å²) in [6.07, 6.45) is 2.22. The third-order valence-electron chi connectivity index (χ3n) is 2.07. The Balaban J connectivity index is 2.92. The molecule has 0 saturated heterocycles. The minimum absolute atomic E-state index is 0.0907. The second kappa shape index (κ2) is 6.42. The van der Waals surface area contributed by atoms with Crippen molar-refractivity contribution in [1.29, 1.82) is 0 Å². The molecule has 0 aliphatic rings. The van der Waals surface area contributed by atoms with Gasteiger partial charge in [-0.1, -0.05) is 11.6 Å². The molecule has 0 heterocycles. The van der Waals surface area contributed by atoms with Gasteiger partial charge in [0.1, 0.15) is 0 Å². The predicted molar refractivity (Wildman–Crippen MR) is 74.5 cm³/mol. The van der Waals surface area contributed by atoms with Crippen molar-refractivity contribution in [1.82, 2.24) is 0 Å². The summed E-state index contributed by atoms with van der Waals surface area (Å²) in [5.74, 6) is 0.455. The van der Waals surface area contributed by atoms with Crippen molar-refractivity contribution < 1.29 is 13.2 Å². The van der Waals surface area contributed by atoms with E-state index < -0.39 is 10.0 Å². The maximum Gasteiger partial charge on any atom is 0.238 e. The van der Waals surface area contributed by atoms with Crippen LogP contribution in [0.1, 0.15) is 6.42 Å². The molecule has 0 aromatic heterocycles. The van der Waals surface area contributed by atoms with Crippen LogP contribution in [0.25, 0.3) is 0 Å². The average Bonchev–Trinajstić information content (AvgIpc) is 2.28. The van der Waals surface area contributed by atoms with Gasteiger partial charge in [-0.15, -0.1) is 0 Å². The first kappa shape index (κ1) is 15.3. The van der Waals surface area contributed by atoms with Crippen LogP contribution in [0.5, 0.6) is 0 Å². The Morgan fingerprint density at radius 3 is 2.72 bits per heavy atom. The molecule has 1 amide bonds. The molecular weight excluding hydrogens is 296 g/mol. The molecule has 0 aliphatic carbocycles. The van der Waals surface area contributed by atoms with Crippen molar-refractivity contribution in [2.45, 2.75) is 11.3 Å². The molecule has 0 unspecified atom stereocenters. The molecule has 18 heavy (non-hydrogen) atoms. The smallest absolute Gasteiger partial charge is 0.238 e. The number of hydrogen-bond acceptors (Lipinski definition) is 4. The van der Waals surface area contributed by atoms with Gasteiger partial charge in [0.05, 0.1) is 15.6 Å². The normalized spacial score (nSPS) is 11.3. The summed E-state index contributed by atoms with van der Waals surface area (Å²) in [5, 5.41) is 7.82. The third-order valence-corrected chi connectivity index (χ3v) is 3.93. The monoisotopic (exact) mass is 308 g/mol. The zero-order chi connectivity index (χ0) is 13.8. The zero-order valence-electron chi connectivity index (χ0n) is 9.64. The first-order valence-electron chi connectivity index (χ1n) is 4.95. The number of amides is 1. The lowest BCUT2D eigenvalue weighted by atomic mass is 10.3. The van der Waals surface area contributed by atoms with Crippen LogP contribution in [0.2, 0.25) is 5.02 Å². The van der Waals surface area contributed by atoms with Crippen LogP contribution >= 0.6 is 23.4 Å². The highest BCUT2D eigenvalue weighted by atomic mass is 35.5. The Bertz CT molecular complexity index is 546. The van der Waals surface area contributed by atoms with Crippen LogP contribution in [0.3, 0.4) is 0 Å². The molecule has 0 atom stereocenters. The number of carbonyl (C=O) groups is 1. The van der Waals surface area contributed by atoms with E-state index in [1.165, 1.54) is 18.2 Å². The summed E-state index contributed by atoms with van der Waals surface area (Å²) in [6.45, 7) is 0. The number of carbonyl (C=O) groups excluding carboxylic acids is 1. The summed E-state index contributed by atoms with van der Waals surface area (Å²) in [7, 11) is -3.81. The van der Waals surface area contributed by atoms with Gasteiger partial charge in [-0.3, -0.25) is 4.79 Å². The summed E-state index contributed by atoms with van der Waals surface area (Å²) < 4.78 is 22.3. The number of benzene rings is 1. The summed E-state index contributed by atoms with van der Waals surface area (Å²) in [4.78, 5) is 11.4. The Morgan fingerprint density at radius 1 is 1.50 bits per heavy atom. The van der Waals surface area contributed by atoms with Crippen molar-refractivity contribution in [3.8, 4) is 0 Å². The van der Waals surface area contributed by atoms with Crippen LogP contribution in [0.4, 0.5) is 5.69 Å². The lowest BCUT2D eigenvalue weighted by Crippen LogP contribution is -2.15. The first-order valence-corrected chi connectivity index (χ1v) is 8.27. The van der Waals surface area contributed by atoms with Crippen LogP contribution in [0.15, 0.2) is 23.1 Å². The lowest BCUT2D eigenvalue weighted by molar-refractivity contribution is -0.115. The zero-order valence-corrected chi connectivity index (χ0v) is 12.0. The number of anilines is 1. The van der Waals surface area contributed by atoms with E-state index in [9.17, 15) is 13.2 Å². The minimum atomic E-state index is -3.81. The number of sulfonamides is 1. The highest BCUT2D eigenvalue weighted by molar-refractivity contribution is 7.98. The fourth-order valence-corrected chi connectivity index (χ4v) is 2.28. The van der Waals surface area contributed by atoms with Gasteiger partial charge in [0.15, 0.2) is 0 Å². The number of hydrogen-bond donors (Lipinski definition) is 2. The third kappa shape index (κ3) is 4.49. The van der Waals surface area contributed by atoms with Gasteiger partial charge in [0.25, 0.3) is 0 Å². The summed E-state index contributed by atoms with van der Waals surface area (Å²) >= 11 is 7.41. The molecule has 1 aromatic rings. The molecule has 0 fully saturated rings. The van der Waals surface area contributed by atoms with E-state index in [1.807, 2.05) is 6.26 Å². The van der Waals surface area contributed by atoms with Crippen molar-refractivity contribution in [3.63, 3.8) is 0 Å². The molecule has 0 aliphatic heterocycles. The van der Waals surface area contributed by atoms with E-state index in [4.69, 9.17) is 16.7 Å². The number of primary sulfonamides is 1. The maximum absolute atomic E-state index is 11.5. The predicted octanol–water partition coefficient (Wildman–Crippen LogP) is 1.68. The Morgan fingerprint density at radius 2 is 2.17 bits per heavy atom. The average molecular weight is 309 g/mol. The number of nitrogens with one attached hydrogen (secondary N) is 1. The molecule has 100 valence electrons. The largest absolute Gasteiger partial charge is 0.325 e. The van der Waals surface area contributed by atoms with Crippen LogP contribution < -0.4 is 10.5 Å². The molecule has 1 rings (SSSR count). The van der Waals surface area contributed by atoms with Gasteiger partial charge in [-0.25, -0.2) is 13.6 Å². The van der Waals surface area contributed by atoms with Gasteiger partial charge in [-0.2, -0.15) is 11.8 Å². The second-order valence-electron chi connectivity index (χ2n) is 3.48. The first-order chi connectivity index (χ1) is 8.34.